The number of hydrogen-bond donors (Lipinski definition) is 1. The predicted molar refractivity (Wildman–Crippen MR) is 184 cm³/mol. The molecule has 0 bridgehead atoms. The highest BCUT2D eigenvalue weighted by Gasteiger charge is 2.35. The van der Waals surface area contributed by atoms with Crippen LogP contribution in [0, 0.1) is 5.92 Å². The van der Waals surface area contributed by atoms with Crippen molar-refractivity contribution in [2.75, 3.05) is 17.4 Å². The summed E-state index contributed by atoms with van der Waals surface area (Å²) in [7, 11) is -4.29. The maximum Gasteiger partial charge on any atom is 0.264 e. The van der Waals surface area contributed by atoms with Gasteiger partial charge in [0.1, 0.15) is 12.6 Å². The van der Waals surface area contributed by atoms with Crippen LogP contribution in [-0.2, 0) is 32.6 Å². The summed E-state index contributed by atoms with van der Waals surface area (Å²) >= 11 is 16.3. The fourth-order valence-corrected chi connectivity index (χ4v) is 7.05. The van der Waals surface area contributed by atoms with Crippen LogP contribution >= 0.6 is 39.1 Å². The Labute approximate surface area is 283 Å². The molecule has 0 aliphatic carbocycles. The van der Waals surface area contributed by atoms with Crippen molar-refractivity contribution in [1.82, 2.24) is 10.2 Å². The van der Waals surface area contributed by atoms with E-state index in [1.807, 2.05) is 68.4 Å². The summed E-state index contributed by atoms with van der Waals surface area (Å²) in [5.41, 5.74) is 1.65. The smallest absolute Gasteiger partial charge is 0.264 e. The quantitative estimate of drug-likeness (QED) is 0.156. The molecule has 45 heavy (non-hydrogen) atoms. The van der Waals surface area contributed by atoms with E-state index in [1.165, 1.54) is 35.2 Å². The molecule has 4 aromatic rings. The van der Waals surface area contributed by atoms with Crippen LogP contribution in [0.15, 0.2) is 112 Å². The van der Waals surface area contributed by atoms with E-state index in [4.69, 9.17) is 23.2 Å². The topological polar surface area (TPSA) is 86.8 Å². The number of benzene rings is 4. The molecule has 0 spiro atoms. The van der Waals surface area contributed by atoms with Crippen LogP contribution in [0.5, 0.6) is 0 Å². The zero-order chi connectivity index (χ0) is 32.6. The molecule has 1 atom stereocenters. The molecule has 0 aliphatic rings. The van der Waals surface area contributed by atoms with Crippen molar-refractivity contribution < 1.29 is 18.0 Å². The van der Waals surface area contributed by atoms with Crippen LogP contribution in [0.25, 0.3) is 0 Å². The van der Waals surface area contributed by atoms with E-state index in [-0.39, 0.29) is 45.4 Å². The molecule has 0 saturated carbocycles. The Kier molecular flexibility index (Phi) is 12.1. The molecule has 1 N–H and O–H groups in total. The van der Waals surface area contributed by atoms with Gasteiger partial charge in [-0.3, -0.25) is 13.9 Å². The second kappa shape index (κ2) is 15.8. The standard InChI is InChI=1S/C34H34BrCl2N3O4S/c1-24(2)21-38-34(42)32(19-25-10-5-3-6-11-25)39(22-26-12-9-13-27(35)18-26)33(41)23-40(31-20-28(36)16-17-30(31)37)45(43,44)29-14-7-4-8-15-29/h3-18,20,24,32H,19,21-23H2,1-2H3,(H,38,42). The van der Waals surface area contributed by atoms with Crippen molar-refractivity contribution in [2.45, 2.75) is 37.8 Å². The Morgan fingerprint density at radius 3 is 2.13 bits per heavy atom. The number of anilines is 1. The monoisotopic (exact) mass is 729 g/mol. The first-order chi connectivity index (χ1) is 21.5. The molecule has 0 radical (unpaired) electrons. The molecule has 0 aliphatic heterocycles. The number of amides is 2. The van der Waals surface area contributed by atoms with Gasteiger partial charge in [-0.05, 0) is 59.5 Å². The predicted octanol–water partition coefficient (Wildman–Crippen LogP) is 7.36. The number of carbonyl (C=O) groups excluding carboxylic acids is 2. The van der Waals surface area contributed by atoms with Gasteiger partial charge in [0.2, 0.25) is 11.8 Å². The molecule has 0 fully saturated rings. The van der Waals surface area contributed by atoms with Crippen LogP contribution in [0.3, 0.4) is 0 Å². The molecule has 0 heterocycles. The number of rotatable bonds is 13. The van der Waals surface area contributed by atoms with Gasteiger partial charge in [-0.25, -0.2) is 8.42 Å². The summed E-state index contributed by atoms with van der Waals surface area (Å²) in [6.45, 7) is 3.80. The van der Waals surface area contributed by atoms with E-state index in [9.17, 15) is 18.0 Å². The van der Waals surface area contributed by atoms with Gasteiger partial charge in [0.05, 0.1) is 15.6 Å². The van der Waals surface area contributed by atoms with E-state index in [2.05, 4.69) is 21.2 Å². The second-order valence-corrected chi connectivity index (χ2v) is 14.5. The fraction of sp³-hybridized carbons (Fsp3) is 0.235. The highest BCUT2D eigenvalue weighted by Crippen LogP contribution is 2.33. The SMILES string of the molecule is CC(C)CNC(=O)C(Cc1ccccc1)N(Cc1cccc(Br)c1)C(=O)CN(c1cc(Cl)ccc1Cl)S(=O)(=O)c1ccccc1. The molecule has 4 aromatic carbocycles. The molecular weight excluding hydrogens is 697 g/mol. The van der Waals surface area contributed by atoms with Crippen molar-refractivity contribution in [3.63, 3.8) is 0 Å². The molecule has 4 rings (SSSR count). The number of sulfonamides is 1. The minimum atomic E-state index is -4.29. The van der Waals surface area contributed by atoms with Gasteiger partial charge in [0.15, 0.2) is 0 Å². The number of halogens is 3. The average Bonchev–Trinajstić information content (AvgIpc) is 3.02. The van der Waals surface area contributed by atoms with E-state index < -0.39 is 28.5 Å². The zero-order valence-corrected chi connectivity index (χ0v) is 28.8. The van der Waals surface area contributed by atoms with E-state index >= 15 is 0 Å². The Balaban J connectivity index is 1.82. The third-order valence-corrected chi connectivity index (χ3v) is 9.81. The first-order valence-corrected chi connectivity index (χ1v) is 17.3. The summed E-state index contributed by atoms with van der Waals surface area (Å²) in [6, 6.07) is 28.1. The van der Waals surface area contributed by atoms with E-state index in [1.54, 1.807) is 18.2 Å². The van der Waals surface area contributed by atoms with Gasteiger partial charge in [-0.1, -0.05) is 114 Å². The van der Waals surface area contributed by atoms with Gasteiger partial charge in [-0.2, -0.15) is 0 Å². The lowest BCUT2D eigenvalue weighted by Crippen LogP contribution is -2.53. The molecule has 0 saturated heterocycles. The summed E-state index contributed by atoms with van der Waals surface area (Å²) in [4.78, 5) is 29.8. The highest BCUT2D eigenvalue weighted by atomic mass is 79.9. The van der Waals surface area contributed by atoms with E-state index in [0.717, 1.165) is 19.9 Å². The van der Waals surface area contributed by atoms with Gasteiger partial charge >= 0.3 is 0 Å². The van der Waals surface area contributed by atoms with Gasteiger partial charge < -0.3 is 10.2 Å². The first-order valence-electron chi connectivity index (χ1n) is 14.3. The van der Waals surface area contributed by atoms with Gasteiger partial charge in [0, 0.05) is 29.0 Å². The summed E-state index contributed by atoms with van der Waals surface area (Å²) in [6.07, 6.45) is 0.216. The third-order valence-electron chi connectivity index (χ3n) is 6.98. The summed E-state index contributed by atoms with van der Waals surface area (Å²) in [5, 5.41) is 3.32. The van der Waals surface area contributed by atoms with Crippen molar-refractivity contribution >= 4 is 66.7 Å². The van der Waals surface area contributed by atoms with Crippen LogP contribution in [0.2, 0.25) is 10.0 Å². The molecule has 2 amide bonds. The largest absolute Gasteiger partial charge is 0.354 e. The maximum atomic E-state index is 14.5. The minimum absolute atomic E-state index is 0.0251. The van der Waals surface area contributed by atoms with Crippen molar-refractivity contribution in [1.29, 1.82) is 0 Å². The summed E-state index contributed by atoms with van der Waals surface area (Å²) in [5.74, 6) is -0.752. The lowest BCUT2D eigenvalue weighted by molar-refractivity contribution is -0.140. The Bertz CT molecular complexity index is 1720. The molecule has 1 unspecified atom stereocenters. The number of hydrogen-bond acceptors (Lipinski definition) is 4. The average molecular weight is 732 g/mol. The van der Waals surface area contributed by atoms with Crippen LogP contribution < -0.4 is 9.62 Å². The second-order valence-electron chi connectivity index (χ2n) is 10.9. The number of nitrogens with zero attached hydrogens (tertiary/aromatic N) is 2. The summed E-state index contributed by atoms with van der Waals surface area (Å²) < 4.78 is 30.0. The molecule has 7 nitrogen and oxygen atoms in total. The normalized spacial score (nSPS) is 12.0. The molecule has 236 valence electrons. The molecule has 0 aromatic heterocycles. The highest BCUT2D eigenvalue weighted by molar-refractivity contribution is 9.10. The maximum absolute atomic E-state index is 14.5. The number of carbonyl (C=O) groups is 2. The third kappa shape index (κ3) is 9.33. The zero-order valence-electron chi connectivity index (χ0n) is 24.9. The van der Waals surface area contributed by atoms with Crippen LogP contribution in [0.1, 0.15) is 25.0 Å². The minimum Gasteiger partial charge on any atom is -0.354 e. The van der Waals surface area contributed by atoms with Gasteiger partial charge in [0.25, 0.3) is 10.0 Å². The fourth-order valence-electron chi connectivity index (χ4n) is 4.72. The van der Waals surface area contributed by atoms with Crippen molar-refractivity contribution in [2.24, 2.45) is 5.92 Å². The van der Waals surface area contributed by atoms with Crippen LogP contribution in [0.4, 0.5) is 5.69 Å². The Morgan fingerprint density at radius 2 is 1.49 bits per heavy atom. The van der Waals surface area contributed by atoms with Crippen molar-refractivity contribution in [3.05, 3.63) is 129 Å². The van der Waals surface area contributed by atoms with Gasteiger partial charge in [-0.15, -0.1) is 0 Å². The number of nitrogens with one attached hydrogen (secondary N) is 1. The lowest BCUT2D eigenvalue weighted by atomic mass is 10.0. The van der Waals surface area contributed by atoms with E-state index in [0.29, 0.717) is 6.54 Å². The van der Waals surface area contributed by atoms with Crippen LogP contribution in [-0.4, -0.2) is 44.3 Å². The Hall–Kier alpha value is -3.37. The Morgan fingerprint density at radius 1 is 0.844 bits per heavy atom. The molecular formula is C34H34BrCl2N3O4S. The first kappa shape index (κ1) is 34.5. The molecule has 11 heteroatoms. The van der Waals surface area contributed by atoms with Crippen molar-refractivity contribution in [3.8, 4) is 0 Å². The lowest BCUT2D eigenvalue weighted by Gasteiger charge is -2.34.